The van der Waals surface area contributed by atoms with Crippen LogP contribution >= 0.6 is 0 Å². The lowest BCUT2D eigenvalue weighted by Crippen LogP contribution is -2.10. The lowest BCUT2D eigenvalue weighted by molar-refractivity contribution is 0.589. The molecule has 0 bridgehead atoms. The fraction of sp³-hybridized carbons (Fsp3) is 0.429. The van der Waals surface area contributed by atoms with Crippen LogP contribution in [0.5, 0.6) is 0 Å². The fourth-order valence-corrected chi connectivity index (χ4v) is 1.96. The Labute approximate surface area is 92.2 Å². The molecule has 1 fully saturated rings. The average Bonchev–Trinajstić information content (AvgIpc) is 3.02. The van der Waals surface area contributed by atoms with E-state index in [1.807, 2.05) is 0 Å². The number of aryl methyl sites for hydroxylation is 1. The van der Waals surface area contributed by atoms with Gasteiger partial charge in [-0.05, 0) is 38.3 Å². The van der Waals surface area contributed by atoms with Crippen LogP contribution in [0.15, 0.2) is 36.5 Å². The Morgan fingerprint density at radius 3 is 2.40 bits per heavy atom. The highest BCUT2D eigenvalue weighted by Gasteiger charge is 2.43. The van der Waals surface area contributed by atoms with Crippen LogP contribution in [0.1, 0.15) is 31.7 Å². The lowest BCUT2D eigenvalue weighted by Gasteiger charge is -2.18. The number of benzene rings is 1. The highest BCUT2D eigenvalue weighted by molar-refractivity contribution is 5.50. The molecule has 0 radical (unpaired) electrons. The van der Waals surface area contributed by atoms with E-state index in [1.165, 1.54) is 30.5 Å². The van der Waals surface area contributed by atoms with Crippen molar-refractivity contribution < 1.29 is 0 Å². The van der Waals surface area contributed by atoms with E-state index in [2.05, 4.69) is 50.0 Å². The molecule has 0 saturated heterocycles. The van der Waals surface area contributed by atoms with E-state index >= 15 is 0 Å². The van der Waals surface area contributed by atoms with Crippen molar-refractivity contribution in [2.75, 3.05) is 5.32 Å². The van der Waals surface area contributed by atoms with Crippen molar-refractivity contribution in [2.45, 2.75) is 33.1 Å². The minimum absolute atomic E-state index is 0.394. The van der Waals surface area contributed by atoms with Gasteiger partial charge in [0.15, 0.2) is 0 Å². The van der Waals surface area contributed by atoms with Gasteiger partial charge in [-0.25, -0.2) is 0 Å². The smallest absolute Gasteiger partial charge is 0.0381 e. The van der Waals surface area contributed by atoms with Crippen LogP contribution in [0.4, 0.5) is 5.69 Å². The quantitative estimate of drug-likeness (QED) is 0.773. The molecule has 1 heteroatoms. The molecule has 0 heterocycles. The molecule has 0 aliphatic heterocycles. The topological polar surface area (TPSA) is 12.0 Å². The van der Waals surface area contributed by atoms with E-state index in [0.29, 0.717) is 5.41 Å². The first kappa shape index (κ1) is 10.3. The monoisotopic (exact) mass is 201 g/mol. The predicted octanol–water partition coefficient (Wildman–Crippen LogP) is 4.11. The molecule has 1 nitrogen and oxygen atoms in total. The zero-order valence-electron chi connectivity index (χ0n) is 9.64. The zero-order chi connectivity index (χ0) is 10.9. The molecule has 0 amide bonds. The molecule has 1 aliphatic rings. The first-order chi connectivity index (χ1) is 7.16. The highest BCUT2D eigenvalue weighted by Crippen LogP contribution is 2.53. The maximum atomic E-state index is 4.17. The maximum absolute atomic E-state index is 4.17. The molecule has 0 unspecified atom stereocenters. The van der Waals surface area contributed by atoms with E-state index < -0.39 is 0 Å². The van der Waals surface area contributed by atoms with E-state index in [1.54, 1.807) is 0 Å². The van der Waals surface area contributed by atoms with E-state index in [0.717, 1.165) is 5.69 Å². The third-order valence-corrected chi connectivity index (χ3v) is 3.52. The summed E-state index contributed by atoms with van der Waals surface area (Å²) in [6, 6.07) is 8.49. The Morgan fingerprint density at radius 2 is 1.93 bits per heavy atom. The van der Waals surface area contributed by atoms with Gasteiger partial charge in [0.25, 0.3) is 0 Å². The Kier molecular flexibility index (Phi) is 2.56. The summed E-state index contributed by atoms with van der Waals surface area (Å²) in [5, 5.41) is 3.43. The van der Waals surface area contributed by atoms with Crippen LogP contribution < -0.4 is 5.32 Å². The molecule has 15 heavy (non-hydrogen) atoms. The number of anilines is 1. The summed E-state index contributed by atoms with van der Waals surface area (Å²) in [4.78, 5) is 0. The van der Waals surface area contributed by atoms with Gasteiger partial charge >= 0.3 is 0 Å². The largest absolute Gasteiger partial charge is 0.359 e. The van der Waals surface area contributed by atoms with E-state index in [-0.39, 0.29) is 0 Å². The first-order valence-electron chi connectivity index (χ1n) is 5.69. The maximum Gasteiger partial charge on any atom is 0.0381 e. The summed E-state index contributed by atoms with van der Waals surface area (Å²) in [7, 11) is 0. The van der Waals surface area contributed by atoms with Crippen LogP contribution in [0, 0.1) is 12.3 Å². The minimum atomic E-state index is 0.394. The van der Waals surface area contributed by atoms with Crippen LogP contribution in [0.3, 0.4) is 0 Å². The van der Waals surface area contributed by atoms with Crippen LogP contribution in [0.2, 0.25) is 0 Å². The van der Waals surface area contributed by atoms with Gasteiger partial charge in [-0.3, -0.25) is 0 Å². The molecule has 1 N–H and O–H groups in total. The summed E-state index contributed by atoms with van der Waals surface area (Å²) >= 11 is 0. The van der Waals surface area contributed by atoms with Gasteiger partial charge < -0.3 is 5.32 Å². The Bertz CT molecular complexity index is 357. The Balaban J connectivity index is 2.03. The molecule has 0 spiro atoms. The summed E-state index contributed by atoms with van der Waals surface area (Å²) < 4.78 is 0. The van der Waals surface area contributed by atoms with Gasteiger partial charge in [-0.2, -0.15) is 0 Å². The number of rotatable bonds is 4. The van der Waals surface area contributed by atoms with Crippen LogP contribution in [-0.2, 0) is 0 Å². The molecule has 2 rings (SSSR count). The molecule has 1 aromatic rings. The molecule has 0 atom stereocenters. The SMILES string of the molecule is C=C(Nc1ccc(C)cc1)C1(CC)CC1. The second-order valence-electron chi connectivity index (χ2n) is 4.60. The summed E-state index contributed by atoms with van der Waals surface area (Å²) in [6.45, 7) is 8.52. The average molecular weight is 201 g/mol. The number of allylic oxidation sites excluding steroid dienone is 1. The zero-order valence-corrected chi connectivity index (χ0v) is 9.64. The van der Waals surface area contributed by atoms with Crippen molar-refractivity contribution in [3.63, 3.8) is 0 Å². The van der Waals surface area contributed by atoms with Crippen LogP contribution in [-0.4, -0.2) is 0 Å². The van der Waals surface area contributed by atoms with Crippen molar-refractivity contribution in [3.05, 3.63) is 42.1 Å². The molecular formula is C14H19N. The molecular weight excluding hydrogens is 182 g/mol. The lowest BCUT2D eigenvalue weighted by atomic mass is 10.00. The third kappa shape index (κ3) is 2.06. The van der Waals surface area contributed by atoms with Gasteiger partial charge in [0.05, 0.1) is 0 Å². The summed E-state index contributed by atoms with van der Waals surface area (Å²) in [5.41, 5.74) is 4.03. The number of nitrogens with one attached hydrogen (secondary N) is 1. The molecule has 1 saturated carbocycles. The second-order valence-corrected chi connectivity index (χ2v) is 4.60. The van der Waals surface area contributed by atoms with Gasteiger partial charge in [-0.1, -0.05) is 31.2 Å². The summed E-state index contributed by atoms with van der Waals surface area (Å²) in [6.07, 6.45) is 3.78. The fourth-order valence-electron chi connectivity index (χ4n) is 1.96. The standard InChI is InChI=1S/C14H19N/c1-4-14(9-10-14)12(3)15-13-7-5-11(2)6-8-13/h5-8,15H,3-4,9-10H2,1-2H3. The first-order valence-corrected chi connectivity index (χ1v) is 5.69. The van der Waals surface area contributed by atoms with Gasteiger partial charge in [0.1, 0.15) is 0 Å². The van der Waals surface area contributed by atoms with Gasteiger partial charge in [0, 0.05) is 16.8 Å². The van der Waals surface area contributed by atoms with E-state index in [9.17, 15) is 0 Å². The van der Waals surface area contributed by atoms with Crippen molar-refractivity contribution in [2.24, 2.45) is 5.41 Å². The van der Waals surface area contributed by atoms with Gasteiger partial charge in [-0.15, -0.1) is 0 Å². The van der Waals surface area contributed by atoms with Crippen LogP contribution in [0.25, 0.3) is 0 Å². The van der Waals surface area contributed by atoms with E-state index in [4.69, 9.17) is 0 Å². The minimum Gasteiger partial charge on any atom is -0.359 e. The molecule has 1 aromatic carbocycles. The second kappa shape index (κ2) is 3.73. The molecule has 80 valence electrons. The van der Waals surface area contributed by atoms with Crippen molar-refractivity contribution in [1.29, 1.82) is 0 Å². The Hall–Kier alpha value is -1.24. The van der Waals surface area contributed by atoms with Crippen molar-refractivity contribution >= 4 is 5.69 Å². The summed E-state index contributed by atoms with van der Waals surface area (Å²) in [5.74, 6) is 0. The van der Waals surface area contributed by atoms with Crippen molar-refractivity contribution in [3.8, 4) is 0 Å². The molecule has 1 aliphatic carbocycles. The number of hydrogen-bond donors (Lipinski definition) is 1. The highest BCUT2D eigenvalue weighted by atomic mass is 14.9. The van der Waals surface area contributed by atoms with Gasteiger partial charge in [0.2, 0.25) is 0 Å². The Morgan fingerprint density at radius 1 is 1.33 bits per heavy atom. The normalized spacial score (nSPS) is 17.2. The number of hydrogen-bond acceptors (Lipinski definition) is 1. The third-order valence-electron chi connectivity index (χ3n) is 3.52. The molecule has 0 aromatic heterocycles. The predicted molar refractivity (Wildman–Crippen MR) is 65.9 cm³/mol. The van der Waals surface area contributed by atoms with Crippen molar-refractivity contribution in [1.82, 2.24) is 0 Å².